The summed E-state index contributed by atoms with van der Waals surface area (Å²) in [5.74, 6) is 4.14. The number of carbonyl (C=O) groups is 1. The van der Waals surface area contributed by atoms with E-state index in [-0.39, 0.29) is 0 Å². The predicted molar refractivity (Wildman–Crippen MR) is 80.4 cm³/mol. The first-order chi connectivity index (χ1) is 10.2. The van der Waals surface area contributed by atoms with E-state index in [2.05, 4.69) is 16.6 Å². The highest BCUT2D eigenvalue weighted by atomic mass is 16.5. The molecule has 1 aromatic carbocycles. The van der Waals surface area contributed by atoms with Crippen LogP contribution in [0.1, 0.15) is 31.7 Å². The zero-order valence-electron chi connectivity index (χ0n) is 12.4. The van der Waals surface area contributed by atoms with Crippen LogP contribution in [0.3, 0.4) is 0 Å². The number of aliphatic hydroxyl groups is 1. The van der Waals surface area contributed by atoms with Gasteiger partial charge in [-0.15, -0.1) is 0 Å². The monoisotopic (exact) mass is 290 g/mol. The van der Waals surface area contributed by atoms with Crippen molar-refractivity contribution in [1.82, 2.24) is 0 Å². The molecule has 0 bridgehead atoms. The lowest BCUT2D eigenvalue weighted by molar-refractivity contribution is -0.136. The average Bonchev–Trinajstić information content (AvgIpc) is 2.50. The second-order valence-corrected chi connectivity index (χ2v) is 4.54. The molecule has 0 heterocycles. The fraction of sp³-hybridized carbons (Fsp3) is 0.471. The second kappa shape index (κ2) is 10.9. The van der Waals surface area contributed by atoms with Crippen molar-refractivity contribution in [3.8, 4) is 11.8 Å². The van der Waals surface area contributed by atoms with E-state index < -0.39 is 12.1 Å². The zero-order chi connectivity index (χ0) is 15.3. The summed E-state index contributed by atoms with van der Waals surface area (Å²) in [6.45, 7) is 3.26. The maximum Gasteiger partial charge on any atom is 0.384 e. The molecule has 21 heavy (non-hydrogen) atoms. The molecule has 114 valence electrons. The summed E-state index contributed by atoms with van der Waals surface area (Å²) in [4.78, 5) is 11.0. The van der Waals surface area contributed by atoms with Crippen molar-refractivity contribution in [2.24, 2.45) is 0 Å². The highest BCUT2D eigenvalue weighted by Crippen LogP contribution is 2.04. The third-order valence-electron chi connectivity index (χ3n) is 2.74. The summed E-state index contributed by atoms with van der Waals surface area (Å²) in [5, 5.41) is 9.58. The Hall–Kier alpha value is -1.83. The largest absolute Gasteiger partial charge is 0.456 e. The summed E-state index contributed by atoms with van der Waals surface area (Å²) in [6, 6.07) is 9.99. The van der Waals surface area contributed by atoms with Gasteiger partial charge in [0.1, 0.15) is 6.10 Å². The zero-order valence-corrected chi connectivity index (χ0v) is 12.4. The normalized spacial score (nSPS) is 11.3. The number of esters is 1. The van der Waals surface area contributed by atoms with Crippen molar-refractivity contribution >= 4 is 5.97 Å². The number of benzene rings is 1. The number of hydrogen-bond acceptors (Lipinski definition) is 4. The maximum atomic E-state index is 11.0. The Balaban J connectivity index is 2.04. The number of ether oxygens (including phenoxy) is 2. The van der Waals surface area contributed by atoms with Crippen molar-refractivity contribution in [1.29, 1.82) is 0 Å². The summed E-state index contributed by atoms with van der Waals surface area (Å²) in [6.07, 6.45) is 1.39. The molecule has 1 rings (SSSR count). The first kappa shape index (κ1) is 17.2. The first-order valence-electron chi connectivity index (χ1n) is 7.20. The van der Waals surface area contributed by atoms with Gasteiger partial charge in [-0.1, -0.05) is 36.3 Å². The number of unbranched alkanes of at least 4 members (excludes halogenated alkanes) is 1. The molecule has 0 aromatic heterocycles. The van der Waals surface area contributed by atoms with E-state index in [1.54, 1.807) is 6.92 Å². The highest BCUT2D eigenvalue weighted by molar-refractivity contribution is 5.88. The fourth-order valence-electron chi connectivity index (χ4n) is 1.69. The molecule has 0 saturated carbocycles. The van der Waals surface area contributed by atoms with Crippen molar-refractivity contribution in [2.45, 2.75) is 38.9 Å². The summed E-state index contributed by atoms with van der Waals surface area (Å²) < 4.78 is 10.2. The highest BCUT2D eigenvalue weighted by Gasteiger charge is 2.01. The Kier molecular flexibility index (Phi) is 8.94. The fourth-order valence-corrected chi connectivity index (χ4v) is 1.69. The van der Waals surface area contributed by atoms with Gasteiger partial charge in [-0.2, -0.15) is 0 Å². The van der Waals surface area contributed by atoms with Gasteiger partial charge in [0.15, 0.2) is 0 Å². The molecule has 0 saturated heterocycles. The molecule has 1 aromatic rings. The van der Waals surface area contributed by atoms with Crippen LogP contribution in [0, 0.1) is 11.8 Å². The molecule has 0 fully saturated rings. The van der Waals surface area contributed by atoms with Gasteiger partial charge in [-0.25, -0.2) is 4.79 Å². The molecular weight excluding hydrogens is 268 g/mol. The van der Waals surface area contributed by atoms with Crippen LogP contribution >= 0.6 is 0 Å². The molecule has 1 atom stereocenters. The van der Waals surface area contributed by atoms with Crippen LogP contribution in [-0.2, 0) is 20.9 Å². The van der Waals surface area contributed by atoms with E-state index in [1.807, 2.05) is 30.3 Å². The Bertz CT molecular complexity index is 459. The van der Waals surface area contributed by atoms with Crippen molar-refractivity contribution in [3.05, 3.63) is 35.9 Å². The van der Waals surface area contributed by atoms with Crippen LogP contribution < -0.4 is 0 Å². The predicted octanol–water partition coefficient (Wildman–Crippen LogP) is 2.30. The van der Waals surface area contributed by atoms with E-state index in [0.29, 0.717) is 26.2 Å². The Morgan fingerprint density at radius 3 is 2.76 bits per heavy atom. The molecule has 0 radical (unpaired) electrons. The van der Waals surface area contributed by atoms with Crippen LogP contribution in [0.4, 0.5) is 0 Å². The van der Waals surface area contributed by atoms with Gasteiger partial charge in [0, 0.05) is 12.5 Å². The quantitative estimate of drug-likeness (QED) is 0.345. The lowest BCUT2D eigenvalue weighted by Crippen LogP contribution is -2.06. The molecule has 0 amide bonds. The molecule has 0 aliphatic heterocycles. The first-order valence-corrected chi connectivity index (χ1v) is 7.20. The summed E-state index contributed by atoms with van der Waals surface area (Å²) in [7, 11) is 0. The van der Waals surface area contributed by atoms with Gasteiger partial charge < -0.3 is 14.6 Å². The molecule has 0 aliphatic carbocycles. The lowest BCUT2D eigenvalue weighted by atomic mass is 10.1. The Morgan fingerprint density at radius 1 is 1.29 bits per heavy atom. The van der Waals surface area contributed by atoms with E-state index in [4.69, 9.17) is 4.74 Å². The molecular formula is C17H22O4. The SMILES string of the molecule is CCOC(=O)C#CC(O)CCCCOCc1ccccc1. The van der Waals surface area contributed by atoms with Gasteiger partial charge in [-0.05, 0) is 31.7 Å². The minimum atomic E-state index is -0.788. The van der Waals surface area contributed by atoms with Gasteiger partial charge in [0.25, 0.3) is 0 Å². The lowest BCUT2D eigenvalue weighted by Gasteiger charge is -2.05. The van der Waals surface area contributed by atoms with Gasteiger partial charge in [0.05, 0.1) is 13.2 Å². The van der Waals surface area contributed by atoms with Gasteiger partial charge in [0.2, 0.25) is 0 Å². The van der Waals surface area contributed by atoms with Gasteiger partial charge in [-0.3, -0.25) is 0 Å². The minimum absolute atomic E-state index is 0.294. The average molecular weight is 290 g/mol. The summed E-state index contributed by atoms with van der Waals surface area (Å²) in [5.41, 5.74) is 1.15. The van der Waals surface area contributed by atoms with E-state index in [9.17, 15) is 9.90 Å². The van der Waals surface area contributed by atoms with E-state index in [0.717, 1.165) is 18.4 Å². The Morgan fingerprint density at radius 2 is 2.05 bits per heavy atom. The van der Waals surface area contributed by atoms with Crippen LogP contribution in [0.25, 0.3) is 0 Å². The third kappa shape index (κ3) is 8.85. The number of aliphatic hydroxyl groups excluding tert-OH is 1. The van der Waals surface area contributed by atoms with Crippen LogP contribution in [0.5, 0.6) is 0 Å². The van der Waals surface area contributed by atoms with Crippen LogP contribution in [0.2, 0.25) is 0 Å². The molecule has 4 nitrogen and oxygen atoms in total. The maximum absolute atomic E-state index is 11.0. The Labute approximate surface area is 126 Å². The molecule has 4 heteroatoms. The van der Waals surface area contributed by atoms with Crippen LogP contribution in [-0.4, -0.2) is 30.4 Å². The molecule has 0 aliphatic rings. The number of hydrogen-bond donors (Lipinski definition) is 1. The van der Waals surface area contributed by atoms with E-state index in [1.165, 1.54) is 0 Å². The summed E-state index contributed by atoms with van der Waals surface area (Å²) >= 11 is 0. The third-order valence-corrected chi connectivity index (χ3v) is 2.74. The minimum Gasteiger partial charge on any atom is -0.456 e. The standard InChI is InChI=1S/C17H22O4/c1-2-21-17(19)12-11-16(18)10-6-7-13-20-14-15-8-4-3-5-9-15/h3-5,8-9,16,18H,2,6-7,10,13-14H2,1H3. The van der Waals surface area contributed by atoms with Crippen molar-refractivity contribution in [3.63, 3.8) is 0 Å². The molecule has 0 spiro atoms. The second-order valence-electron chi connectivity index (χ2n) is 4.54. The van der Waals surface area contributed by atoms with Gasteiger partial charge >= 0.3 is 5.97 Å². The topological polar surface area (TPSA) is 55.8 Å². The van der Waals surface area contributed by atoms with Crippen molar-refractivity contribution in [2.75, 3.05) is 13.2 Å². The van der Waals surface area contributed by atoms with Crippen LogP contribution in [0.15, 0.2) is 30.3 Å². The molecule has 1 N–H and O–H groups in total. The molecule has 1 unspecified atom stereocenters. The smallest absolute Gasteiger partial charge is 0.384 e. The number of rotatable bonds is 8. The van der Waals surface area contributed by atoms with Crippen molar-refractivity contribution < 1.29 is 19.4 Å². The number of carbonyl (C=O) groups excluding carboxylic acids is 1. The van der Waals surface area contributed by atoms with E-state index >= 15 is 0 Å².